The highest BCUT2D eigenvalue weighted by Crippen LogP contribution is 2.22. The number of nitrogens with one attached hydrogen (secondary N) is 3. The van der Waals surface area contributed by atoms with Crippen LogP contribution in [0.2, 0.25) is 0 Å². The summed E-state index contributed by atoms with van der Waals surface area (Å²) in [6.45, 7) is 1.04. The SMILES string of the molecule is CNCCCNS(=O)(=O)c1ccc(S(=O)(=O)NC2CC2)cc1. The third-order valence-electron chi connectivity index (χ3n) is 3.24. The lowest BCUT2D eigenvalue weighted by Crippen LogP contribution is -2.27. The minimum absolute atomic E-state index is 0.0160. The van der Waals surface area contributed by atoms with Gasteiger partial charge in [0.25, 0.3) is 0 Å². The zero-order chi connectivity index (χ0) is 16.2. The second-order valence-corrected chi connectivity index (χ2v) is 8.70. The number of rotatable bonds is 9. The second-order valence-electron chi connectivity index (χ2n) is 5.22. The van der Waals surface area contributed by atoms with Crippen molar-refractivity contribution < 1.29 is 16.8 Å². The number of sulfonamides is 2. The van der Waals surface area contributed by atoms with Crippen LogP contribution in [0.5, 0.6) is 0 Å². The van der Waals surface area contributed by atoms with Crippen LogP contribution in [0.25, 0.3) is 0 Å². The molecule has 7 nitrogen and oxygen atoms in total. The van der Waals surface area contributed by atoms with Crippen molar-refractivity contribution in [3.8, 4) is 0 Å². The van der Waals surface area contributed by atoms with E-state index in [0.29, 0.717) is 19.5 Å². The van der Waals surface area contributed by atoms with E-state index in [1.54, 1.807) is 7.05 Å². The molecule has 1 aromatic carbocycles. The zero-order valence-electron chi connectivity index (χ0n) is 12.4. The molecule has 1 aromatic rings. The molecule has 124 valence electrons. The van der Waals surface area contributed by atoms with E-state index in [0.717, 1.165) is 12.8 Å². The van der Waals surface area contributed by atoms with Gasteiger partial charge in [0, 0.05) is 12.6 Å². The molecule has 2 rings (SSSR count). The number of hydrogen-bond donors (Lipinski definition) is 3. The Morgan fingerprint density at radius 1 is 0.955 bits per heavy atom. The maximum atomic E-state index is 12.0. The van der Waals surface area contributed by atoms with Crippen molar-refractivity contribution >= 4 is 20.0 Å². The quantitative estimate of drug-likeness (QED) is 0.546. The average molecular weight is 347 g/mol. The van der Waals surface area contributed by atoms with Crippen LogP contribution in [0.15, 0.2) is 34.1 Å². The van der Waals surface area contributed by atoms with Crippen LogP contribution in [0.1, 0.15) is 19.3 Å². The van der Waals surface area contributed by atoms with Gasteiger partial charge in [-0.05, 0) is 57.1 Å². The lowest BCUT2D eigenvalue weighted by atomic mass is 10.4. The Morgan fingerprint density at radius 3 is 2.00 bits per heavy atom. The van der Waals surface area contributed by atoms with Crippen LogP contribution < -0.4 is 14.8 Å². The first-order chi connectivity index (χ1) is 10.3. The Balaban J connectivity index is 2.04. The summed E-state index contributed by atoms with van der Waals surface area (Å²) in [4.78, 5) is 0.135. The van der Waals surface area contributed by atoms with Crippen molar-refractivity contribution in [1.29, 1.82) is 0 Å². The predicted molar refractivity (Wildman–Crippen MR) is 83.5 cm³/mol. The summed E-state index contributed by atoms with van der Waals surface area (Å²) < 4.78 is 53.1. The third-order valence-corrected chi connectivity index (χ3v) is 6.25. The Labute approximate surface area is 131 Å². The molecule has 0 atom stereocenters. The molecule has 0 unspecified atom stereocenters. The van der Waals surface area contributed by atoms with E-state index < -0.39 is 20.0 Å². The highest BCUT2D eigenvalue weighted by molar-refractivity contribution is 7.90. The first-order valence-electron chi connectivity index (χ1n) is 7.12. The molecular formula is C13H21N3O4S2. The minimum atomic E-state index is -3.61. The first kappa shape index (κ1) is 17.4. The van der Waals surface area contributed by atoms with Crippen LogP contribution in [0.4, 0.5) is 0 Å². The van der Waals surface area contributed by atoms with Gasteiger partial charge in [-0.3, -0.25) is 0 Å². The summed E-state index contributed by atoms with van der Waals surface area (Å²) >= 11 is 0. The van der Waals surface area contributed by atoms with Crippen molar-refractivity contribution in [3.05, 3.63) is 24.3 Å². The molecular weight excluding hydrogens is 326 g/mol. The van der Waals surface area contributed by atoms with Crippen LogP contribution in [0.3, 0.4) is 0 Å². The monoisotopic (exact) mass is 347 g/mol. The fourth-order valence-electron chi connectivity index (χ4n) is 1.84. The van der Waals surface area contributed by atoms with Crippen LogP contribution in [0, 0.1) is 0 Å². The smallest absolute Gasteiger partial charge is 0.240 e. The topological polar surface area (TPSA) is 104 Å². The van der Waals surface area contributed by atoms with Gasteiger partial charge in [0.05, 0.1) is 9.79 Å². The Bertz CT molecular complexity index is 695. The fourth-order valence-corrected chi connectivity index (χ4v) is 4.22. The second kappa shape index (κ2) is 7.05. The van der Waals surface area contributed by atoms with Gasteiger partial charge in [0.1, 0.15) is 0 Å². The summed E-state index contributed by atoms with van der Waals surface area (Å²) in [6.07, 6.45) is 2.37. The van der Waals surface area contributed by atoms with Gasteiger partial charge in [-0.15, -0.1) is 0 Å². The molecule has 0 aromatic heterocycles. The van der Waals surface area contributed by atoms with E-state index in [4.69, 9.17) is 0 Å². The van der Waals surface area contributed by atoms with Gasteiger partial charge in [0.15, 0.2) is 0 Å². The third kappa shape index (κ3) is 4.75. The van der Waals surface area contributed by atoms with Gasteiger partial charge in [0.2, 0.25) is 20.0 Å². The average Bonchev–Trinajstić information content (AvgIpc) is 3.27. The van der Waals surface area contributed by atoms with Crippen LogP contribution in [-0.4, -0.2) is 43.0 Å². The van der Waals surface area contributed by atoms with Crippen molar-refractivity contribution in [2.45, 2.75) is 35.1 Å². The summed E-state index contributed by atoms with van der Waals surface area (Å²) in [5.41, 5.74) is 0. The van der Waals surface area contributed by atoms with Gasteiger partial charge in [-0.25, -0.2) is 26.3 Å². The predicted octanol–water partition coefficient (Wildman–Crippen LogP) is 0.0151. The number of benzene rings is 1. The van der Waals surface area contributed by atoms with Gasteiger partial charge in [-0.2, -0.15) is 0 Å². The van der Waals surface area contributed by atoms with E-state index >= 15 is 0 Å². The van der Waals surface area contributed by atoms with E-state index in [9.17, 15) is 16.8 Å². The Hall–Kier alpha value is -1.00. The molecule has 0 amide bonds. The van der Waals surface area contributed by atoms with Gasteiger partial charge >= 0.3 is 0 Å². The molecule has 9 heteroatoms. The molecule has 0 spiro atoms. The van der Waals surface area contributed by atoms with E-state index in [2.05, 4.69) is 14.8 Å². The fraction of sp³-hybridized carbons (Fsp3) is 0.538. The van der Waals surface area contributed by atoms with Crippen molar-refractivity contribution in [2.24, 2.45) is 0 Å². The summed E-state index contributed by atoms with van der Waals surface area (Å²) in [5, 5.41) is 2.93. The van der Waals surface area contributed by atoms with Crippen molar-refractivity contribution in [2.75, 3.05) is 20.1 Å². The minimum Gasteiger partial charge on any atom is -0.320 e. The molecule has 3 N–H and O–H groups in total. The molecule has 0 radical (unpaired) electrons. The molecule has 1 aliphatic rings. The molecule has 1 aliphatic carbocycles. The standard InChI is InChI=1S/C13H21N3O4S2/c1-14-9-2-10-15-21(17,18)12-5-7-13(8-6-12)22(19,20)16-11-3-4-11/h5-8,11,14-16H,2-4,9-10H2,1H3. The number of hydrogen-bond acceptors (Lipinski definition) is 5. The first-order valence-corrected chi connectivity index (χ1v) is 10.1. The van der Waals surface area contributed by atoms with Crippen molar-refractivity contribution in [3.63, 3.8) is 0 Å². The summed E-state index contributed by atoms with van der Waals surface area (Å²) in [7, 11) is -5.37. The Kier molecular flexibility index (Phi) is 5.56. The van der Waals surface area contributed by atoms with E-state index in [-0.39, 0.29) is 15.8 Å². The maximum Gasteiger partial charge on any atom is 0.240 e. The van der Waals surface area contributed by atoms with E-state index in [1.807, 2.05) is 0 Å². The van der Waals surface area contributed by atoms with Gasteiger partial charge < -0.3 is 5.32 Å². The van der Waals surface area contributed by atoms with Crippen LogP contribution >= 0.6 is 0 Å². The molecule has 0 saturated heterocycles. The maximum absolute atomic E-state index is 12.0. The molecule has 0 aliphatic heterocycles. The highest BCUT2D eigenvalue weighted by Gasteiger charge is 2.28. The molecule has 0 bridgehead atoms. The molecule has 0 heterocycles. The molecule has 1 fully saturated rings. The largest absolute Gasteiger partial charge is 0.320 e. The molecule has 22 heavy (non-hydrogen) atoms. The summed E-state index contributed by atoms with van der Waals surface area (Å²) in [5.74, 6) is 0. The van der Waals surface area contributed by atoms with Crippen molar-refractivity contribution in [1.82, 2.24) is 14.8 Å². The highest BCUT2D eigenvalue weighted by atomic mass is 32.2. The summed E-state index contributed by atoms with van der Waals surface area (Å²) in [6, 6.07) is 5.26. The lowest BCUT2D eigenvalue weighted by molar-refractivity contribution is 0.574. The molecule has 1 saturated carbocycles. The lowest BCUT2D eigenvalue weighted by Gasteiger charge is -2.08. The Morgan fingerprint density at radius 2 is 1.50 bits per heavy atom. The van der Waals surface area contributed by atoms with E-state index in [1.165, 1.54) is 24.3 Å². The zero-order valence-corrected chi connectivity index (χ0v) is 14.0. The van der Waals surface area contributed by atoms with Gasteiger partial charge in [-0.1, -0.05) is 0 Å². The van der Waals surface area contributed by atoms with Crippen LogP contribution in [-0.2, 0) is 20.0 Å². The normalized spacial score (nSPS) is 15.9.